The second kappa shape index (κ2) is 4.40. The Morgan fingerprint density at radius 3 is 2.62 bits per heavy atom. The maximum Gasteiger partial charge on any atom is 0.135 e. The van der Waals surface area contributed by atoms with E-state index in [1.54, 1.807) is 6.07 Å². The minimum Gasteiger partial charge on any atom is -0.300 e. The molecule has 0 unspecified atom stereocenters. The number of nitrogens with zero attached hydrogens (tertiary/aromatic N) is 1. The normalized spacial score (nSPS) is 10.7. The van der Waals surface area contributed by atoms with Gasteiger partial charge in [0.1, 0.15) is 5.78 Å². The molecule has 2 aromatic rings. The van der Waals surface area contributed by atoms with Crippen molar-refractivity contribution < 1.29 is 4.79 Å². The molecular formula is C12H9Cl2NO. The molecule has 1 aromatic heterocycles. The van der Waals surface area contributed by atoms with Gasteiger partial charge in [-0.15, -0.1) is 0 Å². The van der Waals surface area contributed by atoms with Gasteiger partial charge in [-0.25, -0.2) is 0 Å². The molecule has 1 heterocycles. The smallest absolute Gasteiger partial charge is 0.135 e. The summed E-state index contributed by atoms with van der Waals surface area (Å²) >= 11 is 12.0. The lowest BCUT2D eigenvalue weighted by Gasteiger charge is -2.04. The van der Waals surface area contributed by atoms with E-state index in [1.165, 1.54) is 6.92 Å². The van der Waals surface area contributed by atoms with Crippen molar-refractivity contribution in [2.75, 3.05) is 0 Å². The van der Waals surface area contributed by atoms with Crippen LogP contribution in [0.5, 0.6) is 0 Å². The molecule has 0 radical (unpaired) electrons. The first kappa shape index (κ1) is 11.4. The molecule has 16 heavy (non-hydrogen) atoms. The van der Waals surface area contributed by atoms with E-state index in [1.807, 2.05) is 18.2 Å². The maximum absolute atomic E-state index is 11.0. The van der Waals surface area contributed by atoms with E-state index in [0.29, 0.717) is 27.7 Å². The number of fused-ring (bicyclic) bond motifs is 1. The highest BCUT2D eigenvalue weighted by atomic mass is 35.5. The largest absolute Gasteiger partial charge is 0.300 e. The molecule has 4 heteroatoms. The van der Waals surface area contributed by atoms with Crippen LogP contribution in [0.25, 0.3) is 10.9 Å². The Labute approximate surface area is 103 Å². The van der Waals surface area contributed by atoms with Crippen molar-refractivity contribution in [3.63, 3.8) is 0 Å². The van der Waals surface area contributed by atoms with Crippen molar-refractivity contribution >= 4 is 39.9 Å². The van der Waals surface area contributed by atoms with Crippen molar-refractivity contribution in [1.82, 2.24) is 4.98 Å². The molecule has 82 valence electrons. The summed E-state index contributed by atoms with van der Waals surface area (Å²) in [6, 6.07) is 7.31. The summed E-state index contributed by atoms with van der Waals surface area (Å²) in [6.45, 7) is 1.53. The zero-order chi connectivity index (χ0) is 11.7. The monoisotopic (exact) mass is 253 g/mol. The summed E-state index contributed by atoms with van der Waals surface area (Å²) in [5.41, 5.74) is 1.36. The highest BCUT2D eigenvalue weighted by molar-refractivity contribution is 6.44. The summed E-state index contributed by atoms with van der Waals surface area (Å²) < 4.78 is 0. The van der Waals surface area contributed by atoms with Gasteiger partial charge < -0.3 is 0 Å². The van der Waals surface area contributed by atoms with Crippen LogP contribution in [0.1, 0.15) is 12.6 Å². The van der Waals surface area contributed by atoms with E-state index >= 15 is 0 Å². The third-order valence-corrected chi connectivity index (χ3v) is 3.04. The van der Waals surface area contributed by atoms with Crippen LogP contribution in [0, 0.1) is 0 Å². The number of hydrogen-bond acceptors (Lipinski definition) is 2. The minimum atomic E-state index is 0.0741. The van der Waals surface area contributed by atoms with Gasteiger partial charge in [-0.05, 0) is 19.1 Å². The molecule has 0 amide bonds. The Morgan fingerprint density at radius 2 is 1.94 bits per heavy atom. The number of carbonyl (C=O) groups is 1. The Kier molecular flexibility index (Phi) is 3.13. The summed E-state index contributed by atoms with van der Waals surface area (Å²) in [4.78, 5) is 15.3. The predicted molar refractivity (Wildman–Crippen MR) is 66.1 cm³/mol. The van der Waals surface area contributed by atoms with Gasteiger partial charge in [0.05, 0.1) is 15.6 Å². The van der Waals surface area contributed by atoms with E-state index in [4.69, 9.17) is 23.2 Å². The van der Waals surface area contributed by atoms with Crippen LogP contribution in [0.3, 0.4) is 0 Å². The summed E-state index contributed by atoms with van der Waals surface area (Å²) in [5, 5.41) is 1.83. The molecule has 0 aliphatic carbocycles. The fourth-order valence-corrected chi connectivity index (χ4v) is 1.89. The Morgan fingerprint density at radius 1 is 1.25 bits per heavy atom. The van der Waals surface area contributed by atoms with Crippen molar-refractivity contribution in [2.24, 2.45) is 0 Å². The van der Waals surface area contributed by atoms with Gasteiger partial charge in [0.2, 0.25) is 0 Å². The molecule has 1 aromatic carbocycles. The Balaban J connectivity index is 2.59. The maximum atomic E-state index is 11.0. The topological polar surface area (TPSA) is 30.0 Å². The first-order valence-electron chi connectivity index (χ1n) is 4.81. The van der Waals surface area contributed by atoms with Crippen LogP contribution in [0.15, 0.2) is 24.3 Å². The molecule has 0 aliphatic heterocycles. The third kappa shape index (κ3) is 2.18. The number of Topliss-reactive ketones (excluding diaryl/α,β-unsaturated/α-hetero) is 1. The molecule has 0 saturated carbocycles. The van der Waals surface area contributed by atoms with Gasteiger partial charge in [0.15, 0.2) is 0 Å². The number of rotatable bonds is 2. The second-order valence-corrected chi connectivity index (χ2v) is 4.40. The van der Waals surface area contributed by atoms with Crippen LogP contribution in [-0.2, 0) is 11.2 Å². The Hall–Kier alpha value is -1.12. The van der Waals surface area contributed by atoms with Gasteiger partial charge in [-0.2, -0.15) is 0 Å². The van der Waals surface area contributed by atoms with Crippen molar-refractivity contribution in [3.8, 4) is 0 Å². The van der Waals surface area contributed by atoms with Crippen LogP contribution < -0.4 is 0 Å². The standard InChI is InChI=1S/C12H9Cl2NO/c1-7(16)6-9-4-2-8-3-5-10(13)11(14)12(8)15-9/h2-5H,6H2,1H3. The molecule has 0 spiro atoms. The number of ketones is 1. The van der Waals surface area contributed by atoms with Gasteiger partial charge in [0, 0.05) is 17.5 Å². The lowest BCUT2D eigenvalue weighted by Crippen LogP contribution is -1.99. The SMILES string of the molecule is CC(=O)Cc1ccc2ccc(Cl)c(Cl)c2n1. The summed E-state index contributed by atoms with van der Waals surface area (Å²) in [5.74, 6) is 0.0741. The molecule has 0 bridgehead atoms. The lowest BCUT2D eigenvalue weighted by atomic mass is 10.1. The number of pyridine rings is 1. The van der Waals surface area contributed by atoms with E-state index < -0.39 is 0 Å². The van der Waals surface area contributed by atoms with Gasteiger partial charge in [-0.3, -0.25) is 9.78 Å². The summed E-state index contributed by atoms with van der Waals surface area (Å²) in [6.07, 6.45) is 0.318. The average molecular weight is 254 g/mol. The van der Waals surface area contributed by atoms with E-state index in [-0.39, 0.29) is 5.78 Å². The molecule has 0 aliphatic rings. The van der Waals surface area contributed by atoms with Gasteiger partial charge in [-0.1, -0.05) is 35.3 Å². The van der Waals surface area contributed by atoms with Crippen LogP contribution in [0.4, 0.5) is 0 Å². The molecule has 0 fully saturated rings. The van der Waals surface area contributed by atoms with E-state index in [2.05, 4.69) is 4.98 Å². The van der Waals surface area contributed by atoms with E-state index in [0.717, 1.165) is 5.39 Å². The average Bonchev–Trinajstić information content (AvgIpc) is 2.23. The number of benzene rings is 1. The lowest BCUT2D eigenvalue weighted by molar-refractivity contribution is -0.116. The molecule has 2 rings (SSSR count). The van der Waals surface area contributed by atoms with Gasteiger partial charge in [0.25, 0.3) is 0 Å². The first-order valence-corrected chi connectivity index (χ1v) is 5.56. The molecule has 2 nitrogen and oxygen atoms in total. The number of halogens is 2. The molecule has 0 saturated heterocycles. The van der Waals surface area contributed by atoms with Crippen molar-refractivity contribution in [2.45, 2.75) is 13.3 Å². The zero-order valence-electron chi connectivity index (χ0n) is 8.63. The van der Waals surface area contributed by atoms with Gasteiger partial charge >= 0.3 is 0 Å². The fourth-order valence-electron chi connectivity index (χ4n) is 1.52. The summed E-state index contributed by atoms with van der Waals surface area (Å²) in [7, 11) is 0. The van der Waals surface area contributed by atoms with Crippen LogP contribution in [0.2, 0.25) is 10.0 Å². The fraction of sp³-hybridized carbons (Fsp3) is 0.167. The number of hydrogen-bond donors (Lipinski definition) is 0. The molecular weight excluding hydrogens is 245 g/mol. The predicted octanol–water partition coefficient (Wildman–Crippen LogP) is 3.67. The van der Waals surface area contributed by atoms with Crippen LogP contribution in [-0.4, -0.2) is 10.8 Å². The van der Waals surface area contributed by atoms with Crippen molar-refractivity contribution in [1.29, 1.82) is 0 Å². The van der Waals surface area contributed by atoms with Crippen molar-refractivity contribution in [3.05, 3.63) is 40.0 Å². The zero-order valence-corrected chi connectivity index (χ0v) is 10.1. The quantitative estimate of drug-likeness (QED) is 0.818. The second-order valence-electron chi connectivity index (χ2n) is 3.61. The van der Waals surface area contributed by atoms with Crippen LogP contribution >= 0.6 is 23.2 Å². The minimum absolute atomic E-state index is 0.0741. The number of aromatic nitrogens is 1. The third-order valence-electron chi connectivity index (χ3n) is 2.24. The number of carbonyl (C=O) groups excluding carboxylic acids is 1. The molecule has 0 atom stereocenters. The Bertz CT molecular complexity index is 566. The first-order chi connectivity index (χ1) is 7.58. The highest BCUT2D eigenvalue weighted by Gasteiger charge is 2.07. The van der Waals surface area contributed by atoms with E-state index in [9.17, 15) is 4.79 Å². The molecule has 0 N–H and O–H groups in total. The highest BCUT2D eigenvalue weighted by Crippen LogP contribution is 2.29.